The summed E-state index contributed by atoms with van der Waals surface area (Å²) in [5.74, 6) is 1.54. The first-order chi connectivity index (χ1) is 8.85. The SMILES string of the molecule is COc1ccc(C2CCOCC2)cc1CCCO. The van der Waals surface area contributed by atoms with E-state index in [1.807, 2.05) is 0 Å². The lowest BCUT2D eigenvalue weighted by Crippen LogP contribution is -2.14. The van der Waals surface area contributed by atoms with Crippen LogP contribution in [0.1, 0.15) is 36.3 Å². The predicted molar refractivity (Wildman–Crippen MR) is 71.2 cm³/mol. The molecule has 1 N–H and O–H groups in total. The minimum absolute atomic E-state index is 0.227. The van der Waals surface area contributed by atoms with Gasteiger partial charge in [0.1, 0.15) is 5.75 Å². The van der Waals surface area contributed by atoms with Gasteiger partial charge in [-0.1, -0.05) is 12.1 Å². The van der Waals surface area contributed by atoms with E-state index < -0.39 is 0 Å². The summed E-state index contributed by atoms with van der Waals surface area (Å²) in [6.45, 7) is 1.95. The topological polar surface area (TPSA) is 38.7 Å². The molecule has 0 radical (unpaired) electrons. The van der Waals surface area contributed by atoms with Crippen LogP contribution in [0.3, 0.4) is 0 Å². The number of benzene rings is 1. The lowest BCUT2D eigenvalue weighted by molar-refractivity contribution is 0.0853. The second-order valence-corrected chi connectivity index (χ2v) is 4.79. The number of ether oxygens (including phenoxy) is 2. The van der Waals surface area contributed by atoms with Crippen molar-refractivity contribution >= 4 is 0 Å². The summed E-state index contributed by atoms with van der Waals surface area (Å²) in [4.78, 5) is 0. The second kappa shape index (κ2) is 6.76. The van der Waals surface area contributed by atoms with Gasteiger partial charge in [-0.3, -0.25) is 0 Å². The second-order valence-electron chi connectivity index (χ2n) is 4.79. The Balaban J connectivity index is 2.15. The van der Waals surface area contributed by atoms with Crippen LogP contribution in [-0.4, -0.2) is 32.0 Å². The van der Waals surface area contributed by atoms with Crippen molar-refractivity contribution in [1.29, 1.82) is 0 Å². The van der Waals surface area contributed by atoms with Crippen molar-refractivity contribution in [3.05, 3.63) is 29.3 Å². The highest BCUT2D eigenvalue weighted by Crippen LogP contribution is 2.30. The van der Waals surface area contributed by atoms with Crippen molar-refractivity contribution in [2.75, 3.05) is 26.9 Å². The molecule has 3 heteroatoms. The average molecular weight is 250 g/mol. The minimum Gasteiger partial charge on any atom is -0.496 e. The molecule has 0 aliphatic carbocycles. The smallest absolute Gasteiger partial charge is 0.122 e. The number of rotatable bonds is 5. The zero-order valence-electron chi connectivity index (χ0n) is 11.0. The van der Waals surface area contributed by atoms with Crippen LogP contribution < -0.4 is 4.74 Å². The first-order valence-corrected chi connectivity index (χ1v) is 6.70. The quantitative estimate of drug-likeness (QED) is 0.872. The summed E-state index contributed by atoms with van der Waals surface area (Å²) in [6, 6.07) is 6.46. The van der Waals surface area contributed by atoms with Crippen molar-refractivity contribution < 1.29 is 14.6 Å². The van der Waals surface area contributed by atoms with Gasteiger partial charge in [-0.25, -0.2) is 0 Å². The molecular formula is C15H22O3. The summed E-state index contributed by atoms with van der Waals surface area (Å²) >= 11 is 0. The molecule has 1 fully saturated rings. The highest BCUT2D eigenvalue weighted by atomic mass is 16.5. The van der Waals surface area contributed by atoms with E-state index in [0.29, 0.717) is 5.92 Å². The van der Waals surface area contributed by atoms with Gasteiger partial charge in [0.25, 0.3) is 0 Å². The monoisotopic (exact) mass is 250 g/mol. The number of aryl methyl sites for hydroxylation is 1. The average Bonchev–Trinajstić information content (AvgIpc) is 2.45. The Kier molecular flexibility index (Phi) is 5.02. The third-order valence-corrected chi connectivity index (χ3v) is 3.60. The van der Waals surface area contributed by atoms with E-state index in [1.165, 1.54) is 11.1 Å². The Morgan fingerprint density at radius 2 is 2.11 bits per heavy atom. The van der Waals surface area contributed by atoms with Crippen LogP contribution in [-0.2, 0) is 11.2 Å². The summed E-state index contributed by atoms with van der Waals surface area (Å²) in [5.41, 5.74) is 2.59. The van der Waals surface area contributed by atoms with Gasteiger partial charge in [-0.05, 0) is 48.8 Å². The van der Waals surface area contributed by atoms with Crippen molar-refractivity contribution in [1.82, 2.24) is 0 Å². The number of hydrogen-bond donors (Lipinski definition) is 1. The van der Waals surface area contributed by atoms with E-state index >= 15 is 0 Å². The summed E-state index contributed by atoms with van der Waals surface area (Å²) in [5, 5.41) is 8.95. The van der Waals surface area contributed by atoms with Gasteiger partial charge in [0.2, 0.25) is 0 Å². The Morgan fingerprint density at radius 1 is 1.33 bits per heavy atom. The fourth-order valence-electron chi connectivity index (χ4n) is 2.55. The van der Waals surface area contributed by atoms with Crippen LogP contribution in [0.15, 0.2) is 18.2 Å². The van der Waals surface area contributed by atoms with Gasteiger partial charge in [0.05, 0.1) is 7.11 Å². The third kappa shape index (κ3) is 3.24. The fourth-order valence-corrected chi connectivity index (χ4v) is 2.55. The maximum absolute atomic E-state index is 8.95. The first-order valence-electron chi connectivity index (χ1n) is 6.70. The van der Waals surface area contributed by atoms with Gasteiger partial charge >= 0.3 is 0 Å². The van der Waals surface area contributed by atoms with Gasteiger partial charge in [0.15, 0.2) is 0 Å². The minimum atomic E-state index is 0.227. The largest absolute Gasteiger partial charge is 0.496 e. The molecule has 18 heavy (non-hydrogen) atoms. The van der Waals surface area contributed by atoms with Crippen LogP contribution in [0, 0.1) is 0 Å². The zero-order valence-corrected chi connectivity index (χ0v) is 11.0. The molecule has 2 rings (SSSR count). The molecular weight excluding hydrogens is 228 g/mol. The van der Waals surface area contributed by atoms with Crippen LogP contribution in [0.25, 0.3) is 0 Å². The predicted octanol–water partition coefficient (Wildman–Crippen LogP) is 2.51. The maximum Gasteiger partial charge on any atom is 0.122 e. The van der Waals surface area contributed by atoms with Gasteiger partial charge in [-0.15, -0.1) is 0 Å². The molecule has 1 aromatic carbocycles. The zero-order chi connectivity index (χ0) is 12.8. The Morgan fingerprint density at radius 3 is 2.78 bits per heavy atom. The Hall–Kier alpha value is -1.06. The van der Waals surface area contributed by atoms with E-state index in [0.717, 1.165) is 44.6 Å². The van der Waals surface area contributed by atoms with Crippen LogP contribution >= 0.6 is 0 Å². The normalized spacial score (nSPS) is 16.8. The number of aliphatic hydroxyl groups is 1. The molecule has 0 aromatic heterocycles. The van der Waals surface area contributed by atoms with E-state index in [-0.39, 0.29) is 6.61 Å². The summed E-state index contributed by atoms with van der Waals surface area (Å²) in [6.07, 6.45) is 3.86. The molecule has 0 amide bonds. The van der Waals surface area contributed by atoms with Crippen molar-refractivity contribution in [2.24, 2.45) is 0 Å². The summed E-state index contributed by atoms with van der Waals surface area (Å²) in [7, 11) is 1.70. The highest BCUT2D eigenvalue weighted by molar-refractivity contribution is 5.38. The van der Waals surface area contributed by atoms with Crippen LogP contribution in [0.2, 0.25) is 0 Å². The standard InChI is InChI=1S/C15H22O3/c1-17-15-5-4-13(11-14(15)3-2-8-16)12-6-9-18-10-7-12/h4-5,11-12,16H,2-3,6-10H2,1H3. The maximum atomic E-state index is 8.95. The molecule has 0 spiro atoms. The number of hydrogen-bond acceptors (Lipinski definition) is 3. The molecule has 0 atom stereocenters. The van der Waals surface area contributed by atoms with E-state index in [4.69, 9.17) is 14.6 Å². The van der Waals surface area contributed by atoms with Crippen molar-refractivity contribution in [3.8, 4) is 5.75 Å². The number of methoxy groups -OCH3 is 1. The van der Waals surface area contributed by atoms with Crippen LogP contribution in [0.4, 0.5) is 0 Å². The van der Waals surface area contributed by atoms with Crippen molar-refractivity contribution in [3.63, 3.8) is 0 Å². The molecule has 1 saturated heterocycles. The molecule has 3 nitrogen and oxygen atoms in total. The van der Waals surface area contributed by atoms with Gasteiger partial charge < -0.3 is 14.6 Å². The molecule has 1 aliphatic rings. The Bertz CT molecular complexity index is 370. The summed E-state index contributed by atoms with van der Waals surface area (Å²) < 4.78 is 10.8. The highest BCUT2D eigenvalue weighted by Gasteiger charge is 2.17. The van der Waals surface area contributed by atoms with E-state index in [9.17, 15) is 0 Å². The van der Waals surface area contributed by atoms with E-state index in [2.05, 4.69) is 18.2 Å². The first kappa shape index (κ1) is 13.4. The Labute approximate surface area is 109 Å². The lowest BCUT2D eigenvalue weighted by atomic mass is 9.90. The number of aliphatic hydroxyl groups excluding tert-OH is 1. The third-order valence-electron chi connectivity index (χ3n) is 3.60. The van der Waals surface area contributed by atoms with Crippen LogP contribution in [0.5, 0.6) is 5.75 Å². The molecule has 1 aliphatic heterocycles. The fraction of sp³-hybridized carbons (Fsp3) is 0.600. The van der Waals surface area contributed by atoms with Gasteiger partial charge in [0, 0.05) is 19.8 Å². The molecule has 1 aromatic rings. The van der Waals surface area contributed by atoms with E-state index in [1.54, 1.807) is 7.11 Å². The molecule has 1 heterocycles. The van der Waals surface area contributed by atoms with Crippen molar-refractivity contribution in [2.45, 2.75) is 31.6 Å². The molecule has 0 bridgehead atoms. The van der Waals surface area contributed by atoms with Gasteiger partial charge in [-0.2, -0.15) is 0 Å². The molecule has 100 valence electrons. The molecule has 0 saturated carbocycles. The molecule has 0 unspecified atom stereocenters. The lowest BCUT2D eigenvalue weighted by Gasteiger charge is -2.23.